The number of nitrogens with one attached hydrogen (secondary N) is 1. The third kappa shape index (κ3) is 2.80. The summed E-state index contributed by atoms with van der Waals surface area (Å²) in [7, 11) is 0. The van der Waals surface area contributed by atoms with E-state index in [4.69, 9.17) is 0 Å². The fourth-order valence-electron chi connectivity index (χ4n) is 1.07. The Morgan fingerprint density at radius 2 is 2.00 bits per heavy atom. The number of carbonyl (C=O) groups excluding carboxylic acids is 2. The summed E-state index contributed by atoms with van der Waals surface area (Å²) in [6.07, 6.45) is -3.85. The number of hydrogen-bond acceptors (Lipinski definition) is 2. The summed E-state index contributed by atoms with van der Waals surface area (Å²) in [5.41, 5.74) is 0. The van der Waals surface area contributed by atoms with Crippen molar-refractivity contribution in [1.82, 2.24) is 10.2 Å². The van der Waals surface area contributed by atoms with Crippen molar-refractivity contribution in [3.05, 3.63) is 0 Å². The first-order valence-corrected chi connectivity index (χ1v) is 4.03. The molecule has 0 bridgehead atoms. The van der Waals surface area contributed by atoms with Crippen LogP contribution < -0.4 is 5.32 Å². The summed E-state index contributed by atoms with van der Waals surface area (Å²) >= 11 is 0. The van der Waals surface area contributed by atoms with Gasteiger partial charge in [0.15, 0.2) is 0 Å². The van der Waals surface area contributed by atoms with E-state index in [1.807, 2.05) is 0 Å². The molecule has 1 saturated heterocycles. The van der Waals surface area contributed by atoms with E-state index in [9.17, 15) is 27.2 Å². The van der Waals surface area contributed by atoms with Crippen LogP contribution in [0.3, 0.4) is 0 Å². The van der Waals surface area contributed by atoms with Crippen molar-refractivity contribution in [3.8, 4) is 0 Å². The number of amides is 2. The molecule has 8 heteroatoms. The third-order valence-electron chi connectivity index (χ3n) is 1.84. The Morgan fingerprint density at radius 3 is 2.53 bits per heavy atom. The van der Waals surface area contributed by atoms with Crippen LogP contribution in [0.5, 0.6) is 0 Å². The minimum atomic E-state index is -4.28. The molecule has 1 aliphatic rings. The molecule has 1 fully saturated rings. The zero-order valence-electron chi connectivity index (χ0n) is 7.47. The summed E-state index contributed by atoms with van der Waals surface area (Å²) < 4.78 is 48.7. The van der Waals surface area contributed by atoms with Gasteiger partial charge in [-0.25, -0.2) is 8.78 Å². The Labute approximate surface area is 82.2 Å². The van der Waals surface area contributed by atoms with Crippen LogP contribution in [0.15, 0.2) is 0 Å². The van der Waals surface area contributed by atoms with E-state index in [0.29, 0.717) is 4.90 Å². The molecule has 0 unspecified atom stereocenters. The predicted molar refractivity (Wildman–Crippen MR) is 40.5 cm³/mol. The van der Waals surface area contributed by atoms with E-state index in [1.54, 1.807) is 0 Å². The van der Waals surface area contributed by atoms with Crippen molar-refractivity contribution >= 4 is 11.8 Å². The first-order valence-electron chi connectivity index (χ1n) is 4.03. The summed E-state index contributed by atoms with van der Waals surface area (Å²) in [4.78, 5) is 22.1. The van der Waals surface area contributed by atoms with E-state index in [-0.39, 0.29) is 0 Å². The lowest BCUT2D eigenvalue weighted by Crippen LogP contribution is -2.55. The SMILES string of the molecule is O=C1CN(CC(F)(F)C(F)F)C(=O)CN1. The van der Waals surface area contributed by atoms with E-state index < -0.39 is 43.8 Å². The highest BCUT2D eigenvalue weighted by Crippen LogP contribution is 2.24. The average Bonchev–Trinajstić information content (AvgIpc) is 2.10. The first-order chi connectivity index (χ1) is 6.83. The largest absolute Gasteiger partial charge is 0.345 e. The monoisotopic (exact) mass is 228 g/mol. The van der Waals surface area contributed by atoms with Gasteiger partial charge < -0.3 is 10.2 Å². The van der Waals surface area contributed by atoms with Crippen LogP contribution in [0.25, 0.3) is 0 Å². The van der Waals surface area contributed by atoms with E-state index in [2.05, 4.69) is 5.32 Å². The summed E-state index contributed by atoms with van der Waals surface area (Å²) in [5, 5.41) is 2.11. The number of piperazine rings is 1. The average molecular weight is 228 g/mol. The van der Waals surface area contributed by atoms with Gasteiger partial charge in [-0.15, -0.1) is 0 Å². The molecule has 0 aromatic carbocycles. The molecule has 0 atom stereocenters. The molecule has 0 aliphatic carbocycles. The predicted octanol–water partition coefficient (Wildman–Crippen LogP) is -0.155. The van der Waals surface area contributed by atoms with Gasteiger partial charge in [-0.1, -0.05) is 0 Å². The third-order valence-corrected chi connectivity index (χ3v) is 1.84. The van der Waals surface area contributed by atoms with Crippen LogP contribution in [0.1, 0.15) is 0 Å². The summed E-state index contributed by atoms with van der Waals surface area (Å²) in [6, 6.07) is 0. The summed E-state index contributed by atoms with van der Waals surface area (Å²) in [5.74, 6) is -5.72. The number of rotatable bonds is 3. The highest BCUT2D eigenvalue weighted by molar-refractivity contribution is 5.92. The van der Waals surface area contributed by atoms with Crippen LogP contribution in [-0.2, 0) is 9.59 Å². The van der Waals surface area contributed by atoms with Gasteiger partial charge in [-0.2, -0.15) is 8.78 Å². The fourth-order valence-corrected chi connectivity index (χ4v) is 1.07. The molecule has 0 aromatic rings. The van der Waals surface area contributed by atoms with Crippen LogP contribution in [0, 0.1) is 0 Å². The minimum absolute atomic E-state index is 0.422. The van der Waals surface area contributed by atoms with Crippen LogP contribution in [0.2, 0.25) is 0 Å². The second kappa shape index (κ2) is 4.03. The number of hydrogen-bond donors (Lipinski definition) is 1. The van der Waals surface area contributed by atoms with Crippen molar-refractivity contribution in [2.45, 2.75) is 12.3 Å². The minimum Gasteiger partial charge on any atom is -0.345 e. The Hall–Kier alpha value is -1.34. The molecular weight excluding hydrogens is 220 g/mol. The Balaban J connectivity index is 2.63. The summed E-state index contributed by atoms with van der Waals surface area (Å²) in [6.45, 7) is -2.48. The first kappa shape index (κ1) is 11.7. The smallest absolute Gasteiger partial charge is 0.324 e. The molecule has 86 valence electrons. The zero-order chi connectivity index (χ0) is 11.6. The highest BCUT2D eigenvalue weighted by atomic mass is 19.3. The highest BCUT2D eigenvalue weighted by Gasteiger charge is 2.44. The fraction of sp³-hybridized carbons (Fsp3) is 0.714. The molecule has 1 aliphatic heterocycles. The van der Waals surface area contributed by atoms with Crippen molar-refractivity contribution in [3.63, 3.8) is 0 Å². The second-order valence-electron chi connectivity index (χ2n) is 3.09. The van der Waals surface area contributed by atoms with Gasteiger partial charge in [0.2, 0.25) is 11.8 Å². The Morgan fingerprint density at radius 1 is 1.40 bits per heavy atom. The topological polar surface area (TPSA) is 49.4 Å². The van der Waals surface area contributed by atoms with Gasteiger partial charge in [0, 0.05) is 0 Å². The lowest BCUT2D eigenvalue weighted by molar-refractivity contribution is -0.161. The standard InChI is InChI=1S/C7H8F4N2O2/c8-6(9)7(10,11)3-13-2-4(14)12-1-5(13)15/h6H,1-3H2,(H,12,14). The number of nitrogens with zero attached hydrogens (tertiary/aromatic N) is 1. The molecule has 0 aromatic heterocycles. The van der Waals surface area contributed by atoms with Crippen molar-refractivity contribution in [2.75, 3.05) is 19.6 Å². The lowest BCUT2D eigenvalue weighted by atomic mass is 10.2. The van der Waals surface area contributed by atoms with Gasteiger partial charge in [-0.05, 0) is 0 Å². The molecule has 2 amide bonds. The normalized spacial score (nSPS) is 18.3. The van der Waals surface area contributed by atoms with E-state index in [1.165, 1.54) is 0 Å². The molecule has 1 heterocycles. The van der Waals surface area contributed by atoms with Gasteiger partial charge in [-0.3, -0.25) is 9.59 Å². The molecule has 0 spiro atoms. The maximum absolute atomic E-state index is 12.6. The Kier molecular flexibility index (Phi) is 3.15. The molecule has 1 N–H and O–H groups in total. The van der Waals surface area contributed by atoms with Crippen LogP contribution in [-0.4, -0.2) is 48.7 Å². The number of alkyl halides is 4. The van der Waals surface area contributed by atoms with E-state index >= 15 is 0 Å². The molecule has 1 rings (SSSR count). The van der Waals surface area contributed by atoms with Gasteiger partial charge >= 0.3 is 12.3 Å². The molecule has 0 radical (unpaired) electrons. The second-order valence-corrected chi connectivity index (χ2v) is 3.09. The molecule has 0 saturated carbocycles. The van der Waals surface area contributed by atoms with Gasteiger partial charge in [0.1, 0.15) is 0 Å². The van der Waals surface area contributed by atoms with Crippen molar-refractivity contribution in [2.24, 2.45) is 0 Å². The maximum Gasteiger partial charge on any atom is 0.324 e. The quantitative estimate of drug-likeness (QED) is 0.683. The van der Waals surface area contributed by atoms with Gasteiger partial charge in [0.05, 0.1) is 19.6 Å². The van der Waals surface area contributed by atoms with Gasteiger partial charge in [0.25, 0.3) is 0 Å². The van der Waals surface area contributed by atoms with Crippen molar-refractivity contribution in [1.29, 1.82) is 0 Å². The molecular formula is C7H8F4N2O2. The lowest BCUT2D eigenvalue weighted by Gasteiger charge is -2.29. The van der Waals surface area contributed by atoms with Crippen LogP contribution >= 0.6 is 0 Å². The van der Waals surface area contributed by atoms with E-state index in [0.717, 1.165) is 0 Å². The molecule has 15 heavy (non-hydrogen) atoms. The number of carbonyl (C=O) groups is 2. The zero-order valence-corrected chi connectivity index (χ0v) is 7.47. The Bertz CT molecular complexity index is 282. The number of halogens is 4. The van der Waals surface area contributed by atoms with Crippen molar-refractivity contribution < 1.29 is 27.2 Å². The maximum atomic E-state index is 12.6. The van der Waals surface area contributed by atoms with Crippen LogP contribution in [0.4, 0.5) is 17.6 Å². The molecule has 4 nitrogen and oxygen atoms in total.